The standard InChI is InChI=1S/C11H14N2O4S/c14-11(15)9-5-1-2-6-10(9)18(16,17)12-13-7-3-4-8-13/h1-2,5-6,12H,3-4,7-8H2,(H,14,15). The Kier molecular flexibility index (Phi) is 3.65. The molecule has 1 saturated heterocycles. The minimum Gasteiger partial charge on any atom is -0.478 e. The maximum Gasteiger partial charge on any atom is 0.337 e. The van der Waals surface area contributed by atoms with Crippen LogP contribution in [0.4, 0.5) is 0 Å². The number of hydrazine groups is 1. The van der Waals surface area contributed by atoms with Crippen LogP contribution in [0.1, 0.15) is 23.2 Å². The number of aromatic carboxylic acids is 1. The van der Waals surface area contributed by atoms with Crippen molar-refractivity contribution >= 4 is 16.0 Å². The molecule has 6 nitrogen and oxygen atoms in total. The Morgan fingerprint density at radius 1 is 1.22 bits per heavy atom. The van der Waals surface area contributed by atoms with Gasteiger partial charge in [-0.2, -0.15) is 0 Å². The Labute approximate surface area is 105 Å². The van der Waals surface area contributed by atoms with Gasteiger partial charge in [0.15, 0.2) is 0 Å². The minimum atomic E-state index is -3.82. The van der Waals surface area contributed by atoms with Crippen molar-refractivity contribution in [2.75, 3.05) is 13.1 Å². The lowest BCUT2D eigenvalue weighted by atomic mass is 10.2. The zero-order valence-corrected chi connectivity index (χ0v) is 10.5. The van der Waals surface area contributed by atoms with Crippen molar-refractivity contribution in [3.8, 4) is 0 Å². The molecule has 0 amide bonds. The largest absolute Gasteiger partial charge is 0.478 e. The lowest BCUT2D eigenvalue weighted by Gasteiger charge is -2.17. The second kappa shape index (κ2) is 5.05. The number of rotatable bonds is 4. The van der Waals surface area contributed by atoms with Gasteiger partial charge in [-0.05, 0) is 25.0 Å². The smallest absolute Gasteiger partial charge is 0.337 e. The molecule has 18 heavy (non-hydrogen) atoms. The van der Waals surface area contributed by atoms with Crippen LogP contribution in [0.2, 0.25) is 0 Å². The molecule has 0 aliphatic carbocycles. The average Bonchev–Trinajstić information content (AvgIpc) is 2.81. The van der Waals surface area contributed by atoms with E-state index in [2.05, 4.69) is 4.83 Å². The van der Waals surface area contributed by atoms with Crippen LogP contribution in [0, 0.1) is 0 Å². The molecule has 1 aromatic carbocycles. The lowest BCUT2D eigenvalue weighted by molar-refractivity contribution is 0.0692. The van der Waals surface area contributed by atoms with E-state index in [1.165, 1.54) is 24.3 Å². The van der Waals surface area contributed by atoms with Crippen molar-refractivity contribution in [1.82, 2.24) is 9.84 Å². The van der Waals surface area contributed by atoms with E-state index in [9.17, 15) is 13.2 Å². The first-order valence-corrected chi connectivity index (χ1v) is 7.09. The number of carbonyl (C=O) groups is 1. The summed E-state index contributed by atoms with van der Waals surface area (Å²) in [5.74, 6) is -1.25. The summed E-state index contributed by atoms with van der Waals surface area (Å²) in [4.78, 5) is 13.2. The van der Waals surface area contributed by atoms with E-state index in [-0.39, 0.29) is 10.5 Å². The third kappa shape index (κ3) is 2.69. The number of carboxylic acid groups (broad SMARTS) is 1. The predicted molar refractivity (Wildman–Crippen MR) is 64.5 cm³/mol. The average molecular weight is 270 g/mol. The fourth-order valence-corrected chi connectivity index (χ4v) is 3.23. The fraction of sp³-hybridized carbons (Fsp3) is 0.364. The SMILES string of the molecule is O=C(O)c1ccccc1S(=O)(=O)NN1CCCC1. The van der Waals surface area contributed by atoms with Crippen molar-refractivity contribution < 1.29 is 18.3 Å². The Morgan fingerprint density at radius 2 is 1.83 bits per heavy atom. The van der Waals surface area contributed by atoms with Crippen molar-refractivity contribution in [2.45, 2.75) is 17.7 Å². The summed E-state index contributed by atoms with van der Waals surface area (Å²) in [6.07, 6.45) is 1.87. The van der Waals surface area contributed by atoms with E-state index < -0.39 is 16.0 Å². The normalized spacial score (nSPS) is 16.9. The Hall–Kier alpha value is -1.44. The van der Waals surface area contributed by atoms with Crippen LogP contribution in [-0.4, -0.2) is 37.6 Å². The molecule has 1 aromatic rings. The predicted octanol–water partition coefficient (Wildman–Crippen LogP) is 0.674. The highest BCUT2D eigenvalue weighted by Gasteiger charge is 2.25. The second-order valence-corrected chi connectivity index (χ2v) is 5.72. The van der Waals surface area contributed by atoms with Gasteiger partial charge in [-0.15, -0.1) is 4.83 Å². The van der Waals surface area contributed by atoms with Crippen LogP contribution in [0.3, 0.4) is 0 Å². The van der Waals surface area contributed by atoms with Gasteiger partial charge in [-0.25, -0.2) is 18.2 Å². The summed E-state index contributed by atoms with van der Waals surface area (Å²) >= 11 is 0. The molecular formula is C11H14N2O4S. The van der Waals surface area contributed by atoms with Crippen LogP contribution < -0.4 is 4.83 Å². The fourth-order valence-electron chi connectivity index (χ4n) is 1.91. The molecule has 2 N–H and O–H groups in total. The molecule has 0 unspecified atom stereocenters. The number of benzene rings is 1. The van der Waals surface area contributed by atoms with Gasteiger partial charge in [-0.3, -0.25) is 0 Å². The minimum absolute atomic E-state index is 0.204. The van der Waals surface area contributed by atoms with Crippen molar-refractivity contribution in [3.63, 3.8) is 0 Å². The number of nitrogens with zero attached hydrogens (tertiary/aromatic N) is 1. The van der Waals surface area contributed by atoms with Crippen LogP contribution >= 0.6 is 0 Å². The molecule has 98 valence electrons. The highest BCUT2D eigenvalue weighted by molar-refractivity contribution is 7.89. The first kappa shape index (κ1) is 13.0. The molecule has 1 aliphatic rings. The molecule has 0 atom stereocenters. The number of carboxylic acids is 1. The Morgan fingerprint density at radius 3 is 2.44 bits per heavy atom. The Bertz CT molecular complexity index is 550. The van der Waals surface area contributed by atoms with Crippen molar-refractivity contribution in [2.24, 2.45) is 0 Å². The van der Waals surface area contributed by atoms with Gasteiger partial charge in [0.25, 0.3) is 10.0 Å². The van der Waals surface area contributed by atoms with Gasteiger partial charge in [0.2, 0.25) is 0 Å². The molecule has 2 rings (SSSR count). The molecule has 1 fully saturated rings. The molecular weight excluding hydrogens is 256 g/mol. The van der Waals surface area contributed by atoms with Gasteiger partial charge in [-0.1, -0.05) is 12.1 Å². The number of sulfonamides is 1. The summed E-state index contributed by atoms with van der Waals surface area (Å²) in [5.41, 5.74) is -0.218. The highest BCUT2D eigenvalue weighted by Crippen LogP contribution is 2.16. The number of hydrogen-bond acceptors (Lipinski definition) is 4. The van der Waals surface area contributed by atoms with Gasteiger partial charge >= 0.3 is 5.97 Å². The van der Waals surface area contributed by atoms with E-state index in [0.29, 0.717) is 13.1 Å². The van der Waals surface area contributed by atoms with Gasteiger partial charge in [0.1, 0.15) is 0 Å². The Balaban J connectivity index is 2.31. The van der Waals surface area contributed by atoms with Crippen molar-refractivity contribution in [1.29, 1.82) is 0 Å². The lowest BCUT2D eigenvalue weighted by Crippen LogP contribution is -2.40. The third-order valence-corrected chi connectivity index (χ3v) is 4.20. The summed E-state index contributed by atoms with van der Waals surface area (Å²) in [7, 11) is -3.82. The molecule has 7 heteroatoms. The summed E-state index contributed by atoms with van der Waals surface area (Å²) < 4.78 is 24.2. The van der Waals surface area contributed by atoms with E-state index in [4.69, 9.17) is 5.11 Å². The molecule has 0 saturated carbocycles. The third-order valence-electron chi connectivity index (χ3n) is 2.76. The highest BCUT2D eigenvalue weighted by atomic mass is 32.2. The van der Waals surface area contributed by atoms with Gasteiger partial charge in [0.05, 0.1) is 10.5 Å². The monoisotopic (exact) mass is 270 g/mol. The molecule has 1 heterocycles. The van der Waals surface area contributed by atoms with E-state index in [1.54, 1.807) is 5.01 Å². The zero-order chi connectivity index (χ0) is 13.2. The zero-order valence-electron chi connectivity index (χ0n) is 9.67. The van der Waals surface area contributed by atoms with Crippen LogP contribution in [-0.2, 0) is 10.0 Å². The summed E-state index contributed by atoms with van der Waals surface area (Å²) in [5, 5.41) is 10.6. The van der Waals surface area contributed by atoms with E-state index >= 15 is 0 Å². The molecule has 0 radical (unpaired) electrons. The van der Waals surface area contributed by atoms with E-state index in [1.807, 2.05) is 0 Å². The number of nitrogens with one attached hydrogen (secondary N) is 1. The topological polar surface area (TPSA) is 86.7 Å². The number of hydrogen-bond donors (Lipinski definition) is 2. The van der Waals surface area contributed by atoms with Gasteiger partial charge in [0, 0.05) is 13.1 Å². The van der Waals surface area contributed by atoms with Crippen LogP contribution in [0.15, 0.2) is 29.2 Å². The second-order valence-electron chi connectivity index (χ2n) is 4.09. The van der Waals surface area contributed by atoms with Crippen LogP contribution in [0.25, 0.3) is 0 Å². The summed E-state index contributed by atoms with van der Waals surface area (Å²) in [6, 6.07) is 5.58. The van der Waals surface area contributed by atoms with Crippen LogP contribution in [0.5, 0.6) is 0 Å². The molecule has 0 aromatic heterocycles. The molecule has 1 aliphatic heterocycles. The molecule has 0 spiro atoms. The maximum absolute atomic E-state index is 12.1. The van der Waals surface area contributed by atoms with Gasteiger partial charge < -0.3 is 5.11 Å². The maximum atomic E-state index is 12.1. The molecule has 0 bridgehead atoms. The quantitative estimate of drug-likeness (QED) is 0.840. The van der Waals surface area contributed by atoms with E-state index in [0.717, 1.165) is 12.8 Å². The summed E-state index contributed by atoms with van der Waals surface area (Å²) in [6.45, 7) is 1.29. The first-order chi connectivity index (χ1) is 8.50. The first-order valence-electron chi connectivity index (χ1n) is 5.60. The van der Waals surface area contributed by atoms with Crippen molar-refractivity contribution in [3.05, 3.63) is 29.8 Å².